The fourth-order valence-corrected chi connectivity index (χ4v) is 5.96. The average Bonchev–Trinajstić information content (AvgIpc) is 2.87. The monoisotopic (exact) mass is 638 g/mol. The Bertz CT molecular complexity index is 1340. The van der Waals surface area contributed by atoms with Crippen molar-refractivity contribution in [2.75, 3.05) is 68.5 Å². The van der Waals surface area contributed by atoms with Crippen LogP contribution in [-0.2, 0) is 29.6 Å². The zero-order valence-corrected chi connectivity index (χ0v) is 26.1. The van der Waals surface area contributed by atoms with E-state index in [-0.39, 0.29) is 44.4 Å². The van der Waals surface area contributed by atoms with Gasteiger partial charge < -0.3 is 19.3 Å². The summed E-state index contributed by atoms with van der Waals surface area (Å²) in [5.74, 6) is -3.47. The first kappa shape index (κ1) is 33.9. The lowest BCUT2D eigenvalue weighted by molar-refractivity contribution is -0.156. The number of carbonyl (C=O) groups excluding carboxylic acids is 2. The van der Waals surface area contributed by atoms with Gasteiger partial charge in [-0.05, 0) is 64.6 Å². The molecular formula is C24H32Cl2N4O8S2. The van der Waals surface area contributed by atoms with Crippen LogP contribution in [0, 0.1) is 0 Å². The van der Waals surface area contributed by atoms with Crippen molar-refractivity contribution in [3.63, 3.8) is 0 Å². The molecule has 0 atom stereocenters. The quantitative estimate of drug-likeness (QED) is 0.193. The zero-order valence-electron chi connectivity index (χ0n) is 22.9. The van der Waals surface area contributed by atoms with E-state index in [4.69, 9.17) is 32.7 Å². The molecule has 0 radical (unpaired) electrons. The van der Waals surface area contributed by atoms with Crippen molar-refractivity contribution < 1.29 is 35.9 Å². The smallest absolute Gasteiger partial charge is 0.416 e. The summed E-state index contributed by atoms with van der Waals surface area (Å²) in [6, 6.07) is 6.85. The van der Waals surface area contributed by atoms with E-state index in [9.17, 15) is 26.4 Å². The molecule has 0 unspecified atom stereocenters. The van der Waals surface area contributed by atoms with Gasteiger partial charge >= 0.3 is 11.9 Å². The molecule has 0 aliphatic carbocycles. The third kappa shape index (κ3) is 8.85. The Morgan fingerprint density at radius 3 is 1.23 bits per heavy atom. The number of hydrogen-bond acceptors (Lipinski definition) is 10. The molecule has 2 rings (SSSR count). The molecule has 222 valence electrons. The van der Waals surface area contributed by atoms with Crippen molar-refractivity contribution in [3.05, 3.63) is 46.4 Å². The highest BCUT2D eigenvalue weighted by molar-refractivity contribution is 7.89. The Morgan fingerprint density at radius 2 is 0.950 bits per heavy atom. The Labute approximate surface area is 245 Å². The number of likely N-dealkylation sites (N-methyl/N-ethyl adjacent to an activating group) is 4. The average molecular weight is 640 g/mol. The number of halogens is 2. The van der Waals surface area contributed by atoms with Crippen LogP contribution in [0.2, 0.25) is 10.0 Å². The van der Waals surface area contributed by atoms with E-state index >= 15 is 0 Å². The van der Waals surface area contributed by atoms with Gasteiger partial charge in [0.15, 0.2) is 0 Å². The Hall–Kier alpha value is -2.30. The lowest BCUT2D eigenvalue weighted by Crippen LogP contribution is -2.33. The van der Waals surface area contributed by atoms with Crippen molar-refractivity contribution in [2.24, 2.45) is 0 Å². The van der Waals surface area contributed by atoms with Crippen molar-refractivity contribution in [1.82, 2.24) is 18.4 Å². The van der Waals surface area contributed by atoms with Crippen LogP contribution in [0.4, 0.5) is 0 Å². The minimum absolute atomic E-state index is 0.129. The van der Waals surface area contributed by atoms with Gasteiger partial charge in [-0.25, -0.2) is 26.4 Å². The molecule has 2 aromatic rings. The molecule has 16 heteroatoms. The van der Waals surface area contributed by atoms with Gasteiger partial charge in [0, 0.05) is 40.3 Å². The highest BCUT2D eigenvalue weighted by Crippen LogP contribution is 2.30. The summed E-state index contributed by atoms with van der Waals surface area (Å²) in [4.78, 5) is 28.1. The molecule has 2 aromatic carbocycles. The minimum atomic E-state index is -3.86. The van der Waals surface area contributed by atoms with Gasteiger partial charge in [0.1, 0.15) is 11.5 Å². The fourth-order valence-electron chi connectivity index (χ4n) is 3.01. The van der Waals surface area contributed by atoms with E-state index in [0.717, 1.165) is 32.9 Å². The van der Waals surface area contributed by atoms with Gasteiger partial charge in [-0.3, -0.25) is 0 Å². The third-order valence-electron chi connectivity index (χ3n) is 5.52. The van der Waals surface area contributed by atoms with Crippen LogP contribution in [0.5, 0.6) is 11.5 Å². The van der Waals surface area contributed by atoms with E-state index in [1.54, 1.807) is 0 Å². The summed E-state index contributed by atoms with van der Waals surface area (Å²) in [5, 5.41) is -0.455. The molecule has 0 spiro atoms. The summed E-state index contributed by atoms with van der Waals surface area (Å²) in [7, 11) is 2.37. The van der Waals surface area contributed by atoms with E-state index in [1.807, 2.05) is 38.0 Å². The summed E-state index contributed by atoms with van der Waals surface area (Å²) in [6.07, 6.45) is 0. The zero-order chi connectivity index (χ0) is 30.4. The van der Waals surface area contributed by atoms with Gasteiger partial charge in [-0.15, -0.1) is 0 Å². The number of hydrogen-bond donors (Lipinski definition) is 0. The van der Waals surface area contributed by atoms with E-state index in [1.165, 1.54) is 26.2 Å². The number of rotatable bonds is 12. The highest BCUT2D eigenvalue weighted by Gasteiger charge is 2.26. The standard InChI is InChI=1S/C24H32Cl2N4O8S2/c1-27(2)11-13-29(5)39(33,34)17-7-9-21(19(25)15-17)37-23(31)24(32)38-22-10-8-18(16-20(22)26)40(35,36)30(6)14-12-28(3)4/h7-10,15-16H,11-14H2,1-6H3. The second-order valence-corrected chi connectivity index (χ2v) is 14.1. The number of benzene rings is 2. The minimum Gasteiger partial charge on any atom is -0.416 e. The van der Waals surface area contributed by atoms with Crippen LogP contribution in [0.1, 0.15) is 0 Å². The molecule has 0 aliphatic rings. The first-order valence-corrected chi connectivity index (χ1v) is 15.4. The predicted molar refractivity (Wildman–Crippen MR) is 151 cm³/mol. The molecule has 40 heavy (non-hydrogen) atoms. The molecule has 12 nitrogen and oxygen atoms in total. The molecule has 0 amide bonds. The van der Waals surface area contributed by atoms with Crippen molar-refractivity contribution >= 4 is 55.2 Å². The highest BCUT2D eigenvalue weighted by atomic mass is 35.5. The number of sulfonamides is 2. The second-order valence-electron chi connectivity index (χ2n) is 9.22. The number of ether oxygens (including phenoxy) is 2. The van der Waals surface area contributed by atoms with Crippen LogP contribution >= 0.6 is 23.2 Å². The first-order valence-electron chi connectivity index (χ1n) is 11.7. The van der Waals surface area contributed by atoms with Crippen LogP contribution in [0.25, 0.3) is 0 Å². The maximum absolute atomic E-state index is 12.8. The molecule has 0 aliphatic heterocycles. The van der Waals surface area contributed by atoms with E-state index in [0.29, 0.717) is 13.1 Å². The summed E-state index contributed by atoms with van der Waals surface area (Å²) in [5.41, 5.74) is 0. The summed E-state index contributed by atoms with van der Waals surface area (Å²) >= 11 is 12.2. The van der Waals surface area contributed by atoms with Gasteiger partial charge in [0.2, 0.25) is 20.0 Å². The van der Waals surface area contributed by atoms with Crippen LogP contribution in [-0.4, -0.2) is 116 Å². The molecule has 0 saturated heterocycles. The van der Waals surface area contributed by atoms with Crippen LogP contribution < -0.4 is 9.47 Å². The maximum Gasteiger partial charge on any atom is 0.423 e. The second kappa shape index (κ2) is 14.0. The summed E-state index contributed by atoms with van der Waals surface area (Å²) in [6.45, 7) is 1.46. The largest absolute Gasteiger partial charge is 0.423 e. The SMILES string of the molecule is CN(C)CCN(C)S(=O)(=O)c1ccc(OC(=O)C(=O)Oc2ccc(S(=O)(=O)N(C)CCN(C)C)cc2Cl)c(Cl)c1. The normalized spacial score (nSPS) is 12.4. The Kier molecular flexibility index (Phi) is 11.9. The molecule has 0 bridgehead atoms. The van der Waals surface area contributed by atoms with Gasteiger partial charge in [-0.2, -0.15) is 8.61 Å². The molecule has 0 saturated carbocycles. The predicted octanol–water partition coefficient (Wildman–Crippen LogP) is 1.87. The van der Waals surface area contributed by atoms with Gasteiger partial charge in [-0.1, -0.05) is 23.2 Å². The van der Waals surface area contributed by atoms with Crippen LogP contribution in [0.3, 0.4) is 0 Å². The molecule has 0 aromatic heterocycles. The van der Waals surface area contributed by atoms with Crippen molar-refractivity contribution in [3.8, 4) is 11.5 Å². The number of nitrogens with zero attached hydrogens (tertiary/aromatic N) is 4. The molecule has 0 fully saturated rings. The van der Waals surface area contributed by atoms with Crippen LogP contribution in [0.15, 0.2) is 46.2 Å². The van der Waals surface area contributed by atoms with Gasteiger partial charge in [0.25, 0.3) is 0 Å². The Morgan fingerprint density at radius 1 is 0.625 bits per heavy atom. The number of esters is 2. The van der Waals surface area contributed by atoms with E-state index in [2.05, 4.69) is 0 Å². The van der Waals surface area contributed by atoms with E-state index < -0.39 is 32.0 Å². The lowest BCUT2D eigenvalue weighted by Gasteiger charge is -2.20. The Balaban J connectivity index is 2.11. The maximum atomic E-state index is 12.8. The van der Waals surface area contributed by atoms with Crippen molar-refractivity contribution in [1.29, 1.82) is 0 Å². The van der Waals surface area contributed by atoms with Gasteiger partial charge in [0.05, 0.1) is 19.8 Å². The first-order chi connectivity index (χ1) is 18.5. The molecule has 0 N–H and O–H groups in total. The third-order valence-corrected chi connectivity index (χ3v) is 9.82. The molecular weight excluding hydrogens is 607 g/mol. The molecule has 0 heterocycles. The topological polar surface area (TPSA) is 134 Å². The summed E-state index contributed by atoms with van der Waals surface area (Å²) < 4.78 is 63.3. The lowest BCUT2D eigenvalue weighted by atomic mass is 10.3. The van der Waals surface area contributed by atoms with Crippen molar-refractivity contribution in [2.45, 2.75) is 9.79 Å². The number of carbonyl (C=O) groups is 2. The fraction of sp³-hybridized carbons (Fsp3) is 0.417.